The van der Waals surface area contributed by atoms with Crippen molar-refractivity contribution in [1.82, 2.24) is 0 Å². The van der Waals surface area contributed by atoms with Gasteiger partial charge in [-0.15, -0.1) is 11.8 Å². The minimum Gasteiger partial charge on any atom is -0.389 e. The minimum absolute atomic E-state index is 0.0594. The van der Waals surface area contributed by atoms with Gasteiger partial charge in [-0.2, -0.15) is 0 Å². The predicted molar refractivity (Wildman–Crippen MR) is 58.2 cm³/mol. The monoisotopic (exact) mass is 213 g/mol. The van der Waals surface area contributed by atoms with Crippen LogP contribution in [0.3, 0.4) is 0 Å². The molecule has 0 bridgehead atoms. The van der Waals surface area contributed by atoms with Crippen LogP contribution in [0, 0.1) is 0 Å². The van der Waals surface area contributed by atoms with Gasteiger partial charge in [0.1, 0.15) is 6.10 Å². The molecule has 0 aliphatic heterocycles. The number of benzene rings is 1. The summed E-state index contributed by atoms with van der Waals surface area (Å²) in [5.41, 5.74) is 6.02. The smallest absolute Gasteiger partial charge is 0.107 e. The number of hydrogen-bond donors (Lipinski definition) is 3. The summed E-state index contributed by atoms with van der Waals surface area (Å²) >= 11 is 1.54. The Kier molecular flexibility index (Phi) is 4.41. The average molecular weight is 213 g/mol. The molecule has 0 heterocycles. The van der Waals surface area contributed by atoms with Crippen molar-refractivity contribution >= 4 is 11.8 Å². The van der Waals surface area contributed by atoms with Crippen molar-refractivity contribution in [3.05, 3.63) is 29.8 Å². The summed E-state index contributed by atoms with van der Waals surface area (Å²) in [6, 6.07) is 7.44. The fourth-order valence-corrected chi connectivity index (χ4v) is 1.89. The van der Waals surface area contributed by atoms with Crippen LogP contribution in [0.2, 0.25) is 0 Å². The molecule has 0 aliphatic rings. The van der Waals surface area contributed by atoms with Crippen LogP contribution in [0.5, 0.6) is 0 Å². The number of rotatable bonds is 4. The van der Waals surface area contributed by atoms with Gasteiger partial charge in [-0.25, -0.2) is 0 Å². The first-order chi connectivity index (χ1) is 6.70. The highest BCUT2D eigenvalue weighted by Crippen LogP contribution is 2.27. The Morgan fingerprint density at radius 1 is 1.36 bits per heavy atom. The van der Waals surface area contributed by atoms with Crippen molar-refractivity contribution in [3.63, 3.8) is 0 Å². The van der Waals surface area contributed by atoms with Gasteiger partial charge in [0.05, 0.1) is 6.10 Å². The topological polar surface area (TPSA) is 66.5 Å². The van der Waals surface area contributed by atoms with E-state index in [9.17, 15) is 10.2 Å². The summed E-state index contributed by atoms with van der Waals surface area (Å²) < 4.78 is 0. The Morgan fingerprint density at radius 2 is 2.00 bits per heavy atom. The lowest BCUT2D eigenvalue weighted by molar-refractivity contribution is 0.0228. The summed E-state index contributed by atoms with van der Waals surface area (Å²) in [5, 5.41) is 19.2. The molecule has 4 N–H and O–H groups in total. The first-order valence-corrected chi connectivity index (χ1v) is 5.62. The molecule has 78 valence electrons. The van der Waals surface area contributed by atoms with Crippen LogP contribution in [0.4, 0.5) is 0 Å². The molecule has 0 aromatic heterocycles. The van der Waals surface area contributed by atoms with Crippen LogP contribution in [-0.2, 0) is 0 Å². The van der Waals surface area contributed by atoms with Gasteiger partial charge in [-0.3, -0.25) is 0 Å². The molecule has 0 aliphatic carbocycles. The molecule has 0 saturated heterocycles. The van der Waals surface area contributed by atoms with Crippen LogP contribution < -0.4 is 5.73 Å². The van der Waals surface area contributed by atoms with Gasteiger partial charge < -0.3 is 15.9 Å². The average Bonchev–Trinajstić information content (AvgIpc) is 2.26. The van der Waals surface area contributed by atoms with Gasteiger partial charge in [0.25, 0.3) is 0 Å². The van der Waals surface area contributed by atoms with E-state index in [1.165, 1.54) is 11.8 Å². The third-order valence-corrected chi connectivity index (χ3v) is 2.88. The molecule has 1 aromatic carbocycles. The van der Waals surface area contributed by atoms with Crippen LogP contribution in [0.25, 0.3) is 0 Å². The third-order valence-electron chi connectivity index (χ3n) is 2.06. The molecule has 2 unspecified atom stereocenters. The lowest BCUT2D eigenvalue weighted by atomic mass is 10.0. The highest BCUT2D eigenvalue weighted by molar-refractivity contribution is 7.98. The first kappa shape index (κ1) is 11.5. The molecule has 4 heteroatoms. The van der Waals surface area contributed by atoms with Crippen molar-refractivity contribution in [2.45, 2.75) is 17.1 Å². The zero-order chi connectivity index (χ0) is 10.6. The molecule has 2 atom stereocenters. The molecular weight excluding hydrogens is 198 g/mol. The van der Waals surface area contributed by atoms with Crippen molar-refractivity contribution in [2.24, 2.45) is 5.73 Å². The second-order valence-electron chi connectivity index (χ2n) is 2.99. The van der Waals surface area contributed by atoms with Gasteiger partial charge in [-0.05, 0) is 17.9 Å². The van der Waals surface area contributed by atoms with E-state index in [2.05, 4.69) is 0 Å². The molecule has 0 amide bonds. The van der Waals surface area contributed by atoms with Crippen LogP contribution in [-0.4, -0.2) is 29.1 Å². The minimum atomic E-state index is -0.900. The van der Waals surface area contributed by atoms with Gasteiger partial charge in [0, 0.05) is 11.4 Å². The van der Waals surface area contributed by atoms with Gasteiger partial charge >= 0.3 is 0 Å². The zero-order valence-electron chi connectivity index (χ0n) is 8.05. The third kappa shape index (κ3) is 2.48. The Balaban J connectivity index is 2.93. The lowest BCUT2D eigenvalue weighted by Crippen LogP contribution is -2.27. The Labute approximate surface area is 87.9 Å². The van der Waals surface area contributed by atoms with Gasteiger partial charge in [-0.1, -0.05) is 18.2 Å². The van der Waals surface area contributed by atoms with E-state index in [1.54, 1.807) is 6.07 Å². The van der Waals surface area contributed by atoms with Crippen molar-refractivity contribution < 1.29 is 10.2 Å². The van der Waals surface area contributed by atoms with E-state index in [4.69, 9.17) is 5.73 Å². The SMILES string of the molecule is CSc1ccccc1C(O)C(O)CN. The quantitative estimate of drug-likeness (QED) is 0.646. The van der Waals surface area contributed by atoms with E-state index in [1.807, 2.05) is 24.5 Å². The van der Waals surface area contributed by atoms with E-state index < -0.39 is 12.2 Å². The maximum absolute atomic E-state index is 9.76. The molecule has 1 aromatic rings. The summed E-state index contributed by atoms with van der Waals surface area (Å²) in [6.07, 6.45) is 0.132. The number of thioether (sulfide) groups is 1. The van der Waals surface area contributed by atoms with E-state index in [0.717, 1.165) is 10.5 Å². The molecule has 0 spiro atoms. The molecule has 0 fully saturated rings. The van der Waals surface area contributed by atoms with E-state index in [-0.39, 0.29) is 6.54 Å². The second kappa shape index (κ2) is 5.36. The van der Waals surface area contributed by atoms with Crippen LogP contribution in [0.1, 0.15) is 11.7 Å². The fourth-order valence-electron chi connectivity index (χ4n) is 1.25. The molecule has 3 nitrogen and oxygen atoms in total. The molecular formula is C10H15NO2S. The Morgan fingerprint density at radius 3 is 2.57 bits per heavy atom. The molecule has 14 heavy (non-hydrogen) atoms. The largest absolute Gasteiger partial charge is 0.389 e. The lowest BCUT2D eigenvalue weighted by Gasteiger charge is -2.18. The van der Waals surface area contributed by atoms with E-state index in [0.29, 0.717) is 0 Å². The predicted octanol–water partition coefficient (Wildman–Crippen LogP) is 0.762. The molecule has 0 radical (unpaired) electrons. The maximum Gasteiger partial charge on any atom is 0.107 e. The Hall–Kier alpha value is -0.550. The standard InChI is InChI=1S/C10H15NO2S/c1-14-9-5-3-2-4-7(9)10(13)8(12)6-11/h2-5,8,10,12-13H,6,11H2,1H3. The first-order valence-electron chi connectivity index (χ1n) is 4.39. The number of aliphatic hydroxyl groups is 2. The number of hydrogen-bond acceptors (Lipinski definition) is 4. The molecule has 0 saturated carbocycles. The second-order valence-corrected chi connectivity index (χ2v) is 3.84. The number of nitrogens with two attached hydrogens (primary N) is 1. The van der Waals surface area contributed by atoms with Crippen molar-refractivity contribution in [3.8, 4) is 0 Å². The summed E-state index contributed by atoms with van der Waals surface area (Å²) in [7, 11) is 0. The fraction of sp³-hybridized carbons (Fsp3) is 0.400. The van der Waals surface area contributed by atoms with Gasteiger partial charge in [0.15, 0.2) is 0 Å². The van der Waals surface area contributed by atoms with Crippen LogP contribution >= 0.6 is 11.8 Å². The summed E-state index contributed by atoms with van der Waals surface area (Å²) in [4.78, 5) is 0.965. The van der Waals surface area contributed by atoms with Crippen molar-refractivity contribution in [1.29, 1.82) is 0 Å². The molecule has 1 rings (SSSR count). The van der Waals surface area contributed by atoms with Crippen LogP contribution in [0.15, 0.2) is 29.2 Å². The normalized spacial score (nSPS) is 15.1. The summed E-state index contributed by atoms with van der Waals surface area (Å²) in [5.74, 6) is 0. The number of aliphatic hydroxyl groups excluding tert-OH is 2. The highest BCUT2D eigenvalue weighted by atomic mass is 32.2. The van der Waals surface area contributed by atoms with Crippen molar-refractivity contribution in [2.75, 3.05) is 12.8 Å². The van der Waals surface area contributed by atoms with Gasteiger partial charge in [0.2, 0.25) is 0 Å². The summed E-state index contributed by atoms with van der Waals surface area (Å²) in [6.45, 7) is 0.0594. The Bertz CT molecular complexity index is 293. The zero-order valence-corrected chi connectivity index (χ0v) is 8.87. The van der Waals surface area contributed by atoms with E-state index >= 15 is 0 Å². The maximum atomic E-state index is 9.76. The highest BCUT2D eigenvalue weighted by Gasteiger charge is 2.18.